The van der Waals surface area contributed by atoms with Crippen molar-refractivity contribution >= 4 is 142 Å². The first-order valence-corrected chi connectivity index (χ1v) is 48.1. The van der Waals surface area contributed by atoms with E-state index in [1.807, 2.05) is 0 Å². The van der Waals surface area contributed by atoms with Crippen LogP contribution in [0.15, 0.2) is 522 Å². The van der Waals surface area contributed by atoms with Gasteiger partial charge in [-0.25, -0.2) is 0 Å². The fourth-order valence-electron chi connectivity index (χ4n) is 22.3. The van der Waals surface area contributed by atoms with Crippen molar-refractivity contribution in [1.82, 2.24) is 9.13 Å². The third kappa shape index (κ3) is 14.3. The molecular weight excluding hydrogens is 1680 g/mol. The fraction of sp³-hybridized carbons (Fsp3) is 0.0222. The van der Waals surface area contributed by atoms with E-state index >= 15 is 0 Å². The van der Waals surface area contributed by atoms with Gasteiger partial charge in [-0.05, 0) is 316 Å². The molecule has 0 saturated heterocycles. The van der Waals surface area contributed by atoms with Gasteiger partial charge in [0.15, 0.2) is 0 Å². The topological polar surface area (TPSA) is 16.3 Å². The summed E-state index contributed by atoms with van der Waals surface area (Å²) in [5.74, 6) is 0. The molecule has 0 unspecified atom stereocenters. The summed E-state index contributed by atoms with van der Waals surface area (Å²) in [6.45, 7) is 4.72. The first-order chi connectivity index (χ1) is 68.7. The van der Waals surface area contributed by atoms with Gasteiger partial charge in [0, 0.05) is 72.5 Å². The van der Waals surface area contributed by atoms with Crippen LogP contribution in [0.25, 0.3) is 209 Å². The third-order valence-electron chi connectivity index (χ3n) is 29.2. The summed E-state index contributed by atoms with van der Waals surface area (Å²) in [4.78, 5) is 4.80. The molecular formula is C135H92N4. The summed E-state index contributed by atoms with van der Waals surface area (Å²) in [7, 11) is 0. The molecule has 1 aliphatic rings. The van der Waals surface area contributed by atoms with Gasteiger partial charge in [-0.1, -0.05) is 384 Å². The van der Waals surface area contributed by atoms with Gasteiger partial charge in [-0.15, -0.1) is 0 Å². The van der Waals surface area contributed by atoms with Crippen LogP contribution in [-0.2, 0) is 5.41 Å². The van der Waals surface area contributed by atoms with Gasteiger partial charge in [-0.2, -0.15) is 0 Å². The van der Waals surface area contributed by atoms with E-state index in [2.05, 4.69) is 554 Å². The molecule has 2 aromatic heterocycles. The average molecular weight is 1770 g/mol. The number of rotatable bonds is 15. The Hall–Kier alpha value is -18.0. The Labute approximate surface area is 808 Å². The molecule has 0 spiro atoms. The summed E-state index contributed by atoms with van der Waals surface area (Å²) in [6, 6.07) is 192. The van der Waals surface area contributed by atoms with Crippen molar-refractivity contribution in [2.24, 2.45) is 0 Å². The van der Waals surface area contributed by atoms with Gasteiger partial charge < -0.3 is 18.9 Å². The van der Waals surface area contributed by atoms with Crippen molar-refractivity contribution in [2.45, 2.75) is 19.3 Å². The second kappa shape index (κ2) is 33.9. The second-order valence-electron chi connectivity index (χ2n) is 37.4. The molecule has 26 aromatic rings. The monoisotopic (exact) mass is 1770 g/mol. The molecule has 0 bridgehead atoms. The lowest BCUT2D eigenvalue weighted by Crippen LogP contribution is -2.14. The predicted molar refractivity (Wildman–Crippen MR) is 592 cm³/mol. The maximum atomic E-state index is 2.43. The van der Waals surface area contributed by atoms with Crippen molar-refractivity contribution in [2.75, 3.05) is 9.80 Å². The summed E-state index contributed by atoms with van der Waals surface area (Å²) in [5, 5.41) is 20.1. The van der Waals surface area contributed by atoms with Gasteiger partial charge in [0.2, 0.25) is 0 Å². The van der Waals surface area contributed by atoms with Gasteiger partial charge in [-0.3, -0.25) is 0 Å². The smallest absolute Gasteiger partial charge is 0.0541 e. The van der Waals surface area contributed by atoms with E-state index in [0.29, 0.717) is 0 Å². The molecule has 1 aliphatic carbocycles. The molecule has 0 fully saturated rings. The van der Waals surface area contributed by atoms with Gasteiger partial charge in [0.1, 0.15) is 0 Å². The quantitative estimate of drug-likeness (QED) is 0.0951. The normalized spacial score (nSPS) is 12.2. The Morgan fingerprint density at radius 3 is 0.683 bits per heavy atom. The van der Waals surface area contributed by atoms with Crippen molar-refractivity contribution < 1.29 is 0 Å². The molecule has 4 nitrogen and oxygen atoms in total. The van der Waals surface area contributed by atoms with Crippen LogP contribution in [0, 0.1) is 0 Å². The molecule has 0 amide bonds. The van der Waals surface area contributed by atoms with E-state index in [1.165, 1.54) is 208 Å². The van der Waals surface area contributed by atoms with Crippen molar-refractivity contribution in [3.8, 4) is 100 Å². The van der Waals surface area contributed by atoms with E-state index in [0.717, 1.165) is 45.5 Å². The maximum Gasteiger partial charge on any atom is 0.0541 e. The molecule has 0 aliphatic heterocycles. The van der Waals surface area contributed by atoms with E-state index in [1.54, 1.807) is 0 Å². The first-order valence-electron chi connectivity index (χ1n) is 48.1. The number of fused-ring (bicyclic) bond motifs is 21. The first kappa shape index (κ1) is 81.8. The Bertz CT molecular complexity index is 9200. The molecule has 2 heterocycles. The van der Waals surface area contributed by atoms with Crippen molar-refractivity contribution in [3.05, 3.63) is 533 Å². The number of para-hydroxylation sites is 2. The number of nitrogens with zero attached hydrogens (tertiary/aromatic N) is 4. The SMILES string of the molecule is CC1(C)c2ccccc2-c2ccc(-c3ccc4c(c3)c3cc(-c5ccc(N(c6ccc(-c7ccccc7)cc6)c6ccc7c8ccccc8c8ccccc8c7c6)cc5)ccc3n4-c3ccccc3)cc21.c1ccc(-c2ccc(-c3ccc4c(c3)c3cc(-c5ccc(N(c6ccc(-c7ccccc7)cc6)c6ccc7c8ccccc8c8ccccc8c7c6)cc5)ccc3n4-c3ccccc3)cc2)cc1. The van der Waals surface area contributed by atoms with Crippen LogP contribution in [0.3, 0.4) is 0 Å². The van der Waals surface area contributed by atoms with Gasteiger partial charge in [0.25, 0.3) is 0 Å². The number of hydrogen-bond acceptors (Lipinski definition) is 2. The summed E-state index contributed by atoms with van der Waals surface area (Å²) in [6.07, 6.45) is 0. The highest BCUT2D eigenvalue weighted by Gasteiger charge is 2.36. The van der Waals surface area contributed by atoms with E-state index in [9.17, 15) is 0 Å². The van der Waals surface area contributed by atoms with Gasteiger partial charge in [0.05, 0.1) is 22.1 Å². The standard InChI is InChI=1S/C69H48N2.C66H44N2/c1-69(2)65-24-14-13-23-60(65)61-37-29-50(43-66(61)69)49-31-40-68-64(42-49)63-41-48(30-39-67(63)71(68)51-17-7-4-8-18-51)47-27-34-53(35-28-47)70(52-32-25-46(26-33-52)45-15-5-3-6-16-45)54-36-38-59-57-21-10-9-19-55(57)56-20-11-12-22-58(56)62(59)44-54;1-4-14-45(15-5-1)47-24-26-49(27-25-47)51-32-40-65-63(42-51)64-43-52(33-41-66(64)68(65)53-18-8-3-9-19-53)50-30-36-55(37-31-50)67(54-34-28-48(29-35-54)46-16-6-2-7-17-46)56-38-39-61-59-22-11-10-20-57(59)58-21-12-13-23-60(58)62(61)44-56/h3-44H,1-2H3;1-44H. The van der Waals surface area contributed by atoms with E-state index in [4.69, 9.17) is 0 Å². The van der Waals surface area contributed by atoms with Crippen molar-refractivity contribution in [1.29, 1.82) is 0 Å². The highest BCUT2D eigenvalue weighted by atomic mass is 15.1. The number of aromatic nitrogens is 2. The molecule has 0 N–H and O–H groups in total. The van der Waals surface area contributed by atoms with Crippen LogP contribution in [0.4, 0.5) is 34.1 Å². The average Bonchev–Trinajstić information content (AvgIpc) is 1.43. The number of hydrogen-bond donors (Lipinski definition) is 0. The minimum absolute atomic E-state index is 0.0659. The fourth-order valence-corrected chi connectivity index (χ4v) is 22.3. The second-order valence-corrected chi connectivity index (χ2v) is 37.4. The van der Waals surface area contributed by atoms with Crippen LogP contribution >= 0.6 is 0 Å². The Morgan fingerprint density at radius 2 is 0.360 bits per heavy atom. The molecule has 652 valence electrons. The van der Waals surface area contributed by atoms with E-state index in [-0.39, 0.29) is 5.41 Å². The number of benzene rings is 24. The molecule has 0 atom stereocenters. The van der Waals surface area contributed by atoms with Crippen LogP contribution < -0.4 is 9.80 Å². The zero-order valence-corrected chi connectivity index (χ0v) is 76.9. The van der Waals surface area contributed by atoms with Crippen LogP contribution in [0.1, 0.15) is 25.0 Å². The Morgan fingerprint density at radius 1 is 0.144 bits per heavy atom. The third-order valence-corrected chi connectivity index (χ3v) is 29.2. The summed E-state index contributed by atoms with van der Waals surface area (Å²) < 4.78 is 4.82. The minimum atomic E-state index is -0.0659. The van der Waals surface area contributed by atoms with Gasteiger partial charge >= 0.3 is 0 Å². The predicted octanol–water partition coefficient (Wildman–Crippen LogP) is 37.4. The van der Waals surface area contributed by atoms with Crippen molar-refractivity contribution in [3.63, 3.8) is 0 Å². The summed E-state index contributed by atoms with van der Waals surface area (Å²) in [5.41, 5.74) is 35.9. The zero-order valence-electron chi connectivity index (χ0n) is 76.9. The molecule has 139 heavy (non-hydrogen) atoms. The lowest BCUT2D eigenvalue weighted by atomic mass is 9.81. The Balaban J connectivity index is 0.000000143. The lowest BCUT2D eigenvalue weighted by molar-refractivity contribution is 0.660. The highest BCUT2D eigenvalue weighted by Crippen LogP contribution is 2.52. The molecule has 0 saturated carbocycles. The molecule has 24 aromatic carbocycles. The molecule has 0 radical (unpaired) electrons. The maximum absolute atomic E-state index is 2.43. The minimum Gasteiger partial charge on any atom is -0.310 e. The molecule has 27 rings (SSSR count). The lowest BCUT2D eigenvalue weighted by Gasteiger charge is -2.26. The van der Waals surface area contributed by atoms with E-state index < -0.39 is 0 Å². The largest absolute Gasteiger partial charge is 0.310 e. The Kier molecular flexibility index (Phi) is 19.9. The van der Waals surface area contributed by atoms with Crippen LogP contribution in [-0.4, -0.2) is 9.13 Å². The highest BCUT2D eigenvalue weighted by molar-refractivity contribution is 6.27. The molecule has 4 heteroatoms. The zero-order chi connectivity index (χ0) is 92.2. The number of anilines is 6. The summed E-state index contributed by atoms with van der Waals surface area (Å²) >= 11 is 0. The van der Waals surface area contributed by atoms with Crippen LogP contribution in [0.2, 0.25) is 0 Å². The van der Waals surface area contributed by atoms with Crippen LogP contribution in [0.5, 0.6) is 0 Å².